The van der Waals surface area contributed by atoms with Crippen LogP contribution in [0, 0.1) is 0 Å². The number of carbonyl (C=O) groups excluding carboxylic acids is 2. The lowest BCUT2D eigenvalue weighted by atomic mass is 9.88. The Bertz CT molecular complexity index is 1190. The molecule has 0 bridgehead atoms. The van der Waals surface area contributed by atoms with Gasteiger partial charge in [-0.1, -0.05) is 55.5 Å². The maximum atomic E-state index is 13.5. The molecule has 0 aromatic heterocycles. The zero-order valence-corrected chi connectivity index (χ0v) is 19.0. The molecule has 1 amide bonds. The molecule has 1 aliphatic rings. The number of hydrogen-bond donors (Lipinski definition) is 1. The zero-order valence-electron chi connectivity index (χ0n) is 19.0. The second-order valence-corrected chi connectivity index (χ2v) is 8.11. The van der Waals surface area contributed by atoms with Crippen molar-refractivity contribution in [1.29, 1.82) is 0 Å². The van der Waals surface area contributed by atoms with Crippen molar-refractivity contribution in [2.75, 3.05) is 19.1 Å². The summed E-state index contributed by atoms with van der Waals surface area (Å²) in [7, 11) is 3.11. The monoisotopic (exact) mass is 445 g/mol. The van der Waals surface area contributed by atoms with Crippen LogP contribution in [0.2, 0.25) is 0 Å². The highest BCUT2D eigenvalue weighted by atomic mass is 16.5. The van der Waals surface area contributed by atoms with Gasteiger partial charge in [0, 0.05) is 11.1 Å². The molecule has 1 atom stereocenters. The Balaban J connectivity index is 1.64. The Morgan fingerprint density at radius 2 is 1.61 bits per heavy atom. The van der Waals surface area contributed by atoms with E-state index in [2.05, 4.69) is 0 Å². The van der Waals surface area contributed by atoms with Crippen molar-refractivity contribution in [3.8, 4) is 11.5 Å². The summed E-state index contributed by atoms with van der Waals surface area (Å²) in [6, 6.07) is 19.8. The first-order chi connectivity index (χ1) is 15.9. The average molecular weight is 446 g/mol. The molecule has 6 heteroatoms. The van der Waals surface area contributed by atoms with Crippen molar-refractivity contribution >= 4 is 17.4 Å². The smallest absolute Gasteiger partial charge is 0.264 e. The van der Waals surface area contributed by atoms with E-state index < -0.39 is 11.5 Å². The van der Waals surface area contributed by atoms with Gasteiger partial charge >= 0.3 is 0 Å². The van der Waals surface area contributed by atoms with Crippen LogP contribution in [-0.2, 0) is 23.4 Å². The van der Waals surface area contributed by atoms with Gasteiger partial charge in [-0.05, 0) is 35.7 Å². The molecule has 0 fully saturated rings. The Kier molecular flexibility index (Phi) is 6.20. The fourth-order valence-electron chi connectivity index (χ4n) is 4.26. The van der Waals surface area contributed by atoms with E-state index in [1.165, 1.54) is 4.90 Å². The van der Waals surface area contributed by atoms with Gasteiger partial charge in [0.05, 0.1) is 32.9 Å². The van der Waals surface area contributed by atoms with Gasteiger partial charge < -0.3 is 19.5 Å². The lowest BCUT2D eigenvalue weighted by Crippen LogP contribution is -2.41. The molecule has 3 aromatic carbocycles. The number of aliphatic hydroxyl groups is 1. The number of ketones is 1. The number of benzene rings is 3. The Labute approximate surface area is 193 Å². The third kappa shape index (κ3) is 4.10. The first kappa shape index (κ1) is 22.6. The molecule has 0 saturated carbocycles. The molecule has 170 valence electrons. The maximum Gasteiger partial charge on any atom is 0.264 e. The Morgan fingerprint density at radius 1 is 0.939 bits per heavy atom. The summed E-state index contributed by atoms with van der Waals surface area (Å²) >= 11 is 0. The Morgan fingerprint density at radius 3 is 2.27 bits per heavy atom. The summed E-state index contributed by atoms with van der Waals surface area (Å²) in [6.07, 6.45) is 0.548. The molecule has 1 heterocycles. The molecule has 0 spiro atoms. The predicted octanol–water partition coefficient (Wildman–Crippen LogP) is 4.27. The van der Waals surface area contributed by atoms with E-state index in [9.17, 15) is 14.7 Å². The van der Waals surface area contributed by atoms with Crippen LogP contribution in [-0.4, -0.2) is 31.0 Å². The van der Waals surface area contributed by atoms with Crippen molar-refractivity contribution in [2.45, 2.75) is 31.9 Å². The van der Waals surface area contributed by atoms with Crippen LogP contribution in [0.1, 0.15) is 40.4 Å². The fraction of sp³-hybridized carbons (Fsp3) is 0.259. The molecule has 6 nitrogen and oxygen atoms in total. The molecule has 33 heavy (non-hydrogen) atoms. The average Bonchev–Trinajstić information content (AvgIpc) is 3.05. The fourth-order valence-corrected chi connectivity index (χ4v) is 4.26. The minimum Gasteiger partial charge on any atom is -0.493 e. The highest BCUT2D eigenvalue weighted by molar-refractivity contribution is 6.10. The van der Waals surface area contributed by atoms with Gasteiger partial charge in [-0.25, -0.2) is 0 Å². The number of ether oxygens (including phenoxy) is 2. The summed E-state index contributed by atoms with van der Waals surface area (Å²) in [5.41, 5.74) is 1.51. The standard InChI is InChI=1S/C27H27NO5/c1-4-18-9-12-20(13-10-18)23(29)16-27(31)21-7-5-6-8-22(21)28(26(27)30)17-19-11-14-24(32-2)25(15-19)33-3/h5-15,31H,4,16-17H2,1-3H3/t27-/m1/s1. The molecule has 1 N–H and O–H groups in total. The van der Waals surface area contributed by atoms with E-state index in [1.807, 2.05) is 31.2 Å². The van der Waals surface area contributed by atoms with Gasteiger partial charge in [-0.2, -0.15) is 0 Å². The number of methoxy groups -OCH3 is 2. The molecule has 0 aliphatic carbocycles. The normalized spacial score (nSPS) is 17.1. The van der Waals surface area contributed by atoms with Gasteiger partial charge in [-0.15, -0.1) is 0 Å². The van der Waals surface area contributed by atoms with Crippen molar-refractivity contribution in [1.82, 2.24) is 0 Å². The number of hydrogen-bond acceptors (Lipinski definition) is 5. The van der Waals surface area contributed by atoms with Crippen molar-refractivity contribution in [3.63, 3.8) is 0 Å². The minimum atomic E-state index is -1.92. The van der Waals surface area contributed by atoms with Crippen LogP contribution in [0.25, 0.3) is 0 Å². The molecule has 0 radical (unpaired) electrons. The third-order valence-electron chi connectivity index (χ3n) is 6.13. The number of carbonyl (C=O) groups is 2. The minimum absolute atomic E-state index is 0.220. The van der Waals surface area contributed by atoms with E-state index >= 15 is 0 Å². The number of nitrogens with zero attached hydrogens (tertiary/aromatic N) is 1. The quantitative estimate of drug-likeness (QED) is 0.524. The number of fused-ring (bicyclic) bond motifs is 1. The number of para-hydroxylation sites is 1. The van der Waals surface area contributed by atoms with Gasteiger partial charge in [-0.3, -0.25) is 9.59 Å². The van der Waals surface area contributed by atoms with Crippen molar-refractivity contribution < 1.29 is 24.2 Å². The summed E-state index contributed by atoms with van der Waals surface area (Å²) in [5, 5.41) is 11.5. The summed E-state index contributed by atoms with van der Waals surface area (Å²) in [5.74, 6) is 0.342. The molecule has 1 aliphatic heterocycles. The highest BCUT2D eigenvalue weighted by Gasteiger charge is 2.50. The van der Waals surface area contributed by atoms with Gasteiger partial charge in [0.25, 0.3) is 5.91 Å². The summed E-state index contributed by atoms with van der Waals surface area (Å²) < 4.78 is 10.7. The van der Waals surface area contributed by atoms with E-state index in [-0.39, 0.29) is 18.7 Å². The van der Waals surface area contributed by atoms with Gasteiger partial charge in [0.2, 0.25) is 0 Å². The van der Waals surface area contributed by atoms with Crippen molar-refractivity contribution in [3.05, 3.63) is 89.0 Å². The second-order valence-electron chi connectivity index (χ2n) is 8.11. The molecule has 0 unspecified atom stereocenters. The lowest BCUT2D eigenvalue weighted by molar-refractivity contribution is -0.136. The largest absolute Gasteiger partial charge is 0.493 e. The molecular weight excluding hydrogens is 418 g/mol. The van der Waals surface area contributed by atoms with Crippen LogP contribution < -0.4 is 14.4 Å². The first-order valence-corrected chi connectivity index (χ1v) is 10.9. The van der Waals surface area contributed by atoms with Crippen LogP contribution in [0.5, 0.6) is 11.5 Å². The van der Waals surface area contributed by atoms with E-state index in [4.69, 9.17) is 9.47 Å². The molecular formula is C27H27NO5. The lowest BCUT2D eigenvalue weighted by Gasteiger charge is -2.23. The van der Waals surface area contributed by atoms with Crippen LogP contribution in [0.4, 0.5) is 5.69 Å². The zero-order chi connectivity index (χ0) is 23.6. The molecule has 0 saturated heterocycles. The summed E-state index contributed by atoms with van der Waals surface area (Å²) in [6.45, 7) is 2.26. The van der Waals surface area contributed by atoms with Crippen LogP contribution >= 0.6 is 0 Å². The van der Waals surface area contributed by atoms with Crippen LogP contribution in [0.15, 0.2) is 66.7 Å². The van der Waals surface area contributed by atoms with E-state index in [0.717, 1.165) is 17.5 Å². The molecule has 4 rings (SSSR count). The topological polar surface area (TPSA) is 76.1 Å². The first-order valence-electron chi connectivity index (χ1n) is 10.9. The molecule has 3 aromatic rings. The van der Waals surface area contributed by atoms with E-state index in [0.29, 0.717) is 28.3 Å². The maximum absolute atomic E-state index is 13.5. The second kappa shape index (κ2) is 9.08. The number of rotatable bonds is 8. The third-order valence-corrected chi connectivity index (χ3v) is 6.13. The number of aryl methyl sites for hydroxylation is 1. The number of amides is 1. The predicted molar refractivity (Wildman–Crippen MR) is 126 cm³/mol. The summed E-state index contributed by atoms with van der Waals surface area (Å²) in [4.78, 5) is 28.0. The van der Waals surface area contributed by atoms with Crippen LogP contribution in [0.3, 0.4) is 0 Å². The van der Waals surface area contributed by atoms with Crippen molar-refractivity contribution in [2.24, 2.45) is 0 Å². The van der Waals surface area contributed by atoms with Gasteiger partial charge in [0.1, 0.15) is 0 Å². The number of Topliss-reactive ketones (excluding diaryl/α,β-unsaturated/α-hetero) is 1. The van der Waals surface area contributed by atoms with Gasteiger partial charge in [0.15, 0.2) is 22.9 Å². The Hall–Kier alpha value is -3.64. The highest BCUT2D eigenvalue weighted by Crippen LogP contribution is 2.44. The van der Waals surface area contributed by atoms with E-state index in [1.54, 1.807) is 56.7 Å². The SMILES string of the molecule is CCc1ccc(C(=O)C[C@]2(O)C(=O)N(Cc3ccc(OC)c(OC)c3)c3ccccc32)cc1. The number of anilines is 1.